The molecule has 3 heterocycles. The molecule has 3 aromatic heterocycles. The van der Waals surface area contributed by atoms with E-state index >= 15 is 0 Å². The van der Waals surface area contributed by atoms with Gasteiger partial charge in [-0.15, -0.1) is 0 Å². The summed E-state index contributed by atoms with van der Waals surface area (Å²) in [5.74, 6) is 1.22. The van der Waals surface area contributed by atoms with Crippen molar-refractivity contribution >= 4 is 17.0 Å². The number of pyridine rings is 1. The largest absolute Gasteiger partial charge is 0.354 e. The number of anilines is 1. The molecule has 18 heavy (non-hydrogen) atoms. The van der Waals surface area contributed by atoms with Gasteiger partial charge >= 0.3 is 0 Å². The molecule has 0 fully saturated rings. The van der Waals surface area contributed by atoms with Crippen molar-refractivity contribution in [3.05, 3.63) is 30.9 Å². The Kier molecular flexibility index (Phi) is 2.60. The molecule has 0 unspecified atom stereocenters. The molecule has 0 aromatic carbocycles. The number of aromatic amines is 1. The van der Waals surface area contributed by atoms with E-state index in [-0.39, 0.29) is 0 Å². The summed E-state index contributed by atoms with van der Waals surface area (Å²) < 4.78 is 0. The van der Waals surface area contributed by atoms with E-state index in [1.54, 1.807) is 6.20 Å². The Bertz CT molecular complexity index is 675. The fourth-order valence-electron chi connectivity index (χ4n) is 1.81. The Labute approximate surface area is 104 Å². The molecular formula is C12H12N6. The monoisotopic (exact) mass is 240 g/mol. The maximum absolute atomic E-state index is 4.37. The van der Waals surface area contributed by atoms with Gasteiger partial charge in [0.05, 0.1) is 0 Å². The minimum Gasteiger partial charge on any atom is -0.354 e. The van der Waals surface area contributed by atoms with Crippen LogP contribution in [0.2, 0.25) is 0 Å². The van der Waals surface area contributed by atoms with Crippen molar-refractivity contribution in [2.45, 2.75) is 6.92 Å². The van der Waals surface area contributed by atoms with Crippen molar-refractivity contribution in [2.75, 3.05) is 11.9 Å². The molecule has 0 aliphatic rings. The maximum atomic E-state index is 4.37. The number of rotatable bonds is 3. The zero-order chi connectivity index (χ0) is 12.4. The lowest BCUT2D eigenvalue weighted by Gasteiger charge is -2.02. The first-order chi connectivity index (χ1) is 8.88. The predicted octanol–water partition coefficient (Wildman–Crippen LogP) is 1.85. The second kappa shape index (κ2) is 4.40. The van der Waals surface area contributed by atoms with Crippen LogP contribution in [0.25, 0.3) is 22.4 Å². The molecule has 0 atom stereocenters. The highest BCUT2D eigenvalue weighted by molar-refractivity contribution is 5.91. The summed E-state index contributed by atoms with van der Waals surface area (Å²) in [5.41, 5.74) is 1.76. The Hall–Kier alpha value is -2.50. The number of hydrogen-bond donors (Lipinski definition) is 2. The molecule has 0 bridgehead atoms. The van der Waals surface area contributed by atoms with Crippen LogP contribution in [0.1, 0.15) is 6.92 Å². The first-order valence-corrected chi connectivity index (χ1v) is 5.74. The SMILES string of the molecule is CCNc1ncnc(-c2c[nH]c3ncccc23)n1. The van der Waals surface area contributed by atoms with Crippen LogP contribution in [0.3, 0.4) is 0 Å². The van der Waals surface area contributed by atoms with Gasteiger partial charge in [-0.3, -0.25) is 0 Å². The first kappa shape index (κ1) is 10.6. The van der Waals surface area contributed by atoms with Gasteiger partial charge in [-0.1, -0.05) is 0 Å². The van der Waals surface area contributed by atoms with Crippen LogP contribution in [0.4, 0.5) is 5.95 Å². The normalized spacial score (nSPS) is 10.7. The van der Waals surface area contributed by atoms with Gasteiger partial charge in [-0.2, -0.15) is 4.98 Å². The number of fused-ring (bicyclic) bond motifs is 1. The lowest BCUT2D eigenvalue weighted by molar-refractivity contribution is 1.03. The number of nitrogens with one attached hydrogen (secondary N) is 2. The molecule has 0 amide bonds. The smallest absolute Gasteiger partial charge is 0.226 e. The molecule has 0 aliphatic carbocycles. The summed E-state index contributed by atoms with van der Waals surface area (Å²) in [6.07, 6.45) is 5.12. The molecular weight excluding hydrogens is 228 g/mol. The molecule has 90 valence electrons. The molecule has 0 saturated heterocycles. The highest BCUT2D eigenvalue weighted by Gasteiger charge is 2.09. The van der Waals surface area contributed by atoms with Crippen LogP contribution in [-0.4, -0.2) is 31.5 Å². The Morgan fingerprint density at radius 3 is 3.11 bits per heavy atom. The molecule has 3 rings (SSSR count). The molecule has 6 heteroatoms. The average molecular weight is 240 g/mol. The summed E-state index contributed by atoms with van der Waals surface area (Å²) >= 11 is 0. The van der Waals surface area contributed by atoms with Gasteiger partial charge in [-0.25, -0.2) is 15.0 Å². The van der Waals surface area contributed by atoms with E-state index in [9.17, 15) is 0 Å². The van der Waals surface area contributed by atoms with Crippen molar-refractivity contribution < 1.29 is 0 Å². The van der Waals surface area contributed by atoms with Crippen molar-refractivity contribution in [3.8, 4) is 11.4 Å². The molecule has 0 spiro atoms. The van der Waals surface area contributed by atoms with Gasteiger partial charge in [-0.05, 0) is 19.1 Å². The van der Waals surface area contributed by atoms with Crippen LogP contribution in [0.5, 0.6) is 0 Å². The highest BCUT2D eigenvalue weighted by Crippen LogP contribution is 2.24. The lowest BCUT2D eigenvalue weighted by atomic mass is 10.2. The van der Waals surface area contributed by atoms with Crippen LogP contribution in [0.15, 0.2) is 30.9 Å². The quantitative estimate of drug-likeness (QED) is 0.730. The fourth-order valence-corrected chi connectivity index (χ4v) is 1.81. The van der Waals surface area contributed by atoms with Gasteiger partial charge in [0, 0.05) is 29.9 Å². The highest BCUT2D eigenvalue weighted by atomic mass is 15.1. The van der Waals surface area contributed by atoms with Gasteiger partial charge < -0.3 is 10.3 Å². The third-order valence-electron chi connectivity index (χ3n) is 2.60. The Morgan fingerprint density at radius 1 is 1.28 bits per heavy atom. The van der Waals surface area contributed by atoms with Gasteiger partial charge in [0.1, 0.15) is 12.0 Å². The molecule has 0 aliphatic heterocycles. The summed E-state index contributed by atoms with van der Waals surface area (Å²) in [6, 6.07) is 3.89. The third-order valence-corrected chi connectivity index (χ3v) is 2.60. The van der Waals surface area contributed by atoms with Gasteiger partial charge in [0.25, 0.3) is 0 Å². The van der Waals surface area contributed by atoms with E-state index in [0.29, 0.717) is 11.8 Å². The second-order valence-corrected chi connectivity index (χ2v) is 3.76. The number of H-pyrrole nitrogens is 1. The molecule has 2 N–H and O–H groups in total. The summed E-state index contributed by atoms with van der Waals surface area (Å²) in [5, 5.41) is 4.08. The number of hydrogen-bond acceptors (Lipinski definition) is 5. The van der Waals surface area contributed by atoms with Crippen LogP contribution >= 0.6 is 0 Å². The first-order valence-electron chi connectivity index (χ1n) is 5.74. The van der Waals surface area contributed by atoms with Crippen LogP contribution in [0, 0.1) is 0 Å². The minimum absolute atomic E-state index is 0.584. The summed E-state index contributed by atoms with van der Waals surface area (Å²) in [7, 11) is 0. The van der Waals surface area contributed by atoms with Crippen LogP contribution < -0.4 is 5.32 Å². The standard InChI is InChI=1S/C12H12N6/c1-2-13-12-17-7-16-11(18-12)9-6-15-10-8(9)4-3-5-14-10/h3-7H,2H2,1H3,(H,14,15)(H,13,16,17,18). The molecule has 0 radical (unpaired) electrons. The average Bonchev–Trinajstić information content (AvgIpc) is 2.83. The van der Waals surface area contributed by atoms with E-state index in [0.717, 1.165) is 23.1 Å². The zero-order valence-electron chi connectivity index (χ0n) is 9.88. The summed E-state index contributed by atoms with van der Waals surface area (Å²) in [6.45, 7) is 2.78. The predicted molar refractivity (Wildman–Crippen MR) is 69.1 cm³/mol. The van der Waals surface area contributed by atoms with E-state index in [1.165, 1.54) is 6.33 Å². The maximum Gasteiger partial charge on any atom is 0.226 e. The van der Waals surface area contributed by atoms with Crippen molar-refractivity contribution in [1.29, 1.82) is 0 Å². The van der Waals surface area contributed by atoms with Gasteiger partial charge in [0.15, 0.2) is 5.82 Å². The molecule has 3 aromatic rings. The van der Waals surface area contributed by atoms with E-state index in [1.807, 2.05) is 25.3 Å². The third kappa shape index (κ3) is 1.77. The van der Waals surface area contributed by atoms with E-state index in [2.05, 4.69) is 30.2 Å². The van der Waals surface area contributed by atoms with E-state index in [4.69, 9.17) is 0 Å². The van der Waals surface area contributed by atoms with Crippen LogP contribution in [-0.2, 0) is 0 Å². The second-order valence-electron chi connectivity index (χ2n) is 3.76. The minimum atomic E-state index is 0.584. The summed E-state index contributed by atoms with van der Waals surface area (Å²) in [4.78, 5) is 20.0. The van der Waals surface area contributed by atoms with Crippen molar-refractivity contribution in [3.63, 3.8) is 0 Å². The number of nitrogens with zero attached hydrogens (tertiary/aromatic N) is 4. The number of aromatic nitrogens is 5. The molecule has 0 saturated carbocycles. The Morgan fingerprint density at radius 2 is 2.22 bits per heavy atom. The Balaban J connectivity index is 2.11. The van der Waals surface area contributed by atoms with E-state index < -0.39 is 0 Å². The molecule has 6 nitrogen and oxygen atoms in total. The van der Waals surface area contributed by atoms with Gasteiger partial charge in [0.2, 0.25) is 5.95 Å². The van der Waals surface area contributed by atoms with Crippen molar-refractivity contribution in [2.24, 2.45) is 0 Å². The lowest BCUT2D eigenvalue weighted by Crippen LogP contribution is -2.03. The van der Waals surface area contributed by atoms with Crippen molar-refractivity contribution in [1.82, 2.24) is 24.9 Å². The zero-order valence-corrected chi connectivity index (χ0v) is 9.88. The topological polar surface area (TPSA) is 79.4 Å². The fraction of sp³-hybridized carbons (Fsp3) is 0.167.